The maximum atomic E-state index is 12.4. The third-order valence-electron chi connectivity index (χ3n) is 2.90. The fourth-order valence-electron chi connectivity index (χ4n) is 1.81. The molecule has 1 aromatic heterocycles. The lowest BCUT2D eigenvalue weighted by molar-refractivity contribution is -0.137. The lowest BCUT2D eigenvalue weighted by atomic mass is 10.1. The SMILES string of the molecule is Cc1csc(CNCC(O)c2ccc(C(F)(F)F)cc2)n1. The van der Waals surface area contributed by atoms with Gasteiger partial charge in [0.05, 0.1) is 11.7 Å². The van der Waals surface area contributed by atoms with Crippen molar-refractivity contribution in [3.63, 3.8) is 0 Å². The molecule has 2 aromatic rings. The predicted molar refractivity (Wildman–Crippen MR) is 75.0 cm³/mol. The normalized spacial score (nSPS) is 13.4. The standard InChI is InChI=1S/C14H15F3N2OS/c1-9-8-21-13(19-9)7-18-6-12(20)10-2-4-11(5-3-10)14(15,16)17/h2-5,8,12,18,20H,6-7H2,1H3. The first-order chi connectivity index (χ1) is 9.86. The van der Waals surface area contributed by atoms with E-state index in [1.807, 2.05) is 12.3 Å². The van der Waals surface area contributed by atoms with Gasteiger partial charge in [-0.3, -0.25) is 0 Å². The molecule has 0 spiro atoms. The Morgan fingerprint density at radius 1 is 1.29 bits per heavy atom. The highest BCUT2D eigenvalue weighted by Gasteiger charge is 2.30. The van der Waals surface area contributed by atoms with E-state index in [1.54, 1.807) is 0 Å². The maximum absolute atomic E-state index is 12.4. The molecule has 0 saturated heterocycles. The van der Waals surface area contributed by atoms with E-state index in [1.165, 1.54) is 23.5 Å². The summed E-state index contributed by atoms with van der Waals surface area (Å²) in [5.74, 6) is 0. The number of alkyl halides is 3. The van der Waals surface area contributed by atoms with Crippen molar-refractivity contribution in [2.24, 2.45) is 0 Å². The molecule has 1 unspecified atom stereocenters. The molecule has 0 aliphatic rings. The van der Waals surface area contributed by atoms with E-state index in [9.17, 15) is 18.3 Å². The Morgan fingerprint density at radius 2 is 1.95 bits per heavy atom. The number of hydrogen-bond donors (Lipinski definition) is 2. The number of nitrogens with one attached hydrogen (secondary N) is 1. The van der Waals surface area contributed by atoms with Crippen molar-refractivity contribution in [2.75, 3.05) is 6.54 Å². The molecule has 2 rings (SSSR count). The number of thiazole rings is 1. The lowest BCUT2D eigenvalue weighted by Gasteiger charge is -2.13. The van der Waals surface area contributed by atoms with Gasteiger partial charge in [0.1, 0.15) is 5.01 Å². The third-order valence-corrected chi connectivity index (χ3v) is 3.87. The van der Waals surface area contributed by atoms with Crippen LogP contribution in [0.3, 0.4) is 0 Å². The molecule has 3 nitrogen and oxygen atoms in total. The molecule has 114 valence electrons. The van der Waals surface area contributed by atoms with E-state index in [-0.39, 0.29) is 6.54 Å². The van der Waals surface area contributed by atoms with E-state index in [0.717, 1.165) is 22.8 Å². The molecule has 2 N–H and O–H groups in total. The summed E-state index contributed by atoms with van der Waals surface area (Å²) in [4.78, 5) is 4.27. The molecule has 0 fully saturated rings. The van der Waals surface area contributed by atoms with Gasteiger partial charge in [0.25, 0.3) is 0 Å². The minimum absolute atomic E-state index is 0.254. The number of aromatic nitrogens is 1. The van der Waals surface area contributed by atoms with Crippen molar-refractivity contribution in [3.05, 3.63) is 51.5 Å². The van der Waals surface area contributed by atoms with Crippen molar-refractivity contribution in [1.82, 2.24) is 10.3 Å². The average Bonchev–Trinajstić information content (AvgIpc) is 2.83. The zero-order valence-corrected chi connectivity index (χ0v) is 12.1. The van der Waals surface area contributed by atoms with Gasteiger partial charge in [-0.05, 0) is 24.6 Å². The van der Waals surface area contributed by atoms with Crippen LogP contribution in [0.2, 0.25) is 0 Å². The van der Waals surface area contributed by atoms with Crippen LogP contribution in [-0.4, -0.2) is 16.6 Å². The average molecular weight is 316 g/mol. The smallest absolute Gasteiger partial charge is 0.387 e. The van der Waals surface area contributed by atoms with E-state index < -0.39 is 17.8 Å². The summed E-state index contributed by atoms with van der Waals surface area (Å²) in [5.41, 5.74) is 0.676. The third kappa shape index (κ3) is 4.52. The fourth-order valence-corrected chi connectivity index (χ4v) is 2.55. The van der Waals surface area contributed by atoms with Gasteiger partial charge in [0.2, 0.25) is 0 Å². The topological polar surface area (TPSA) is 45.1 Å². The Bertz CT molecular complexity index is 581. The number of aliphatic hydroxyl groups excluding tert-OH is 1. The van der Waals surface area contributed by atoms with Gasteiger partial charge in [-0.25, -0.2) is 4.98 Å². The van der Waals surface area contributed by atoms with Crippen molar-refractivity contribution in [1.29, 1.82) is 0 Å². The number of rotatable bonds is 5. The molecule has 0 aliphatic carbocycles. The van der Waals surface area contributed by atoms with Crippen LogP contribution in [0.25, 0.3) is 0 Å². The molecule has 0 amide bonds. The van der Waals surface area contributed by atoms with Gasteiger partial charge in [-0.15, -0.1) is 11.3 Å². The molecular weight excluding hydrogens is 301 g/mol. The first-order valence-corrected chi connectivity index (χ1v) is 7.21. The molecule has 0 radical (unpaired) electrons. The summed E-state index contributed by atoms with van der Waals surface area (Å²) in [6.07, 6.45) is -5.21. The van der Waals surface area contributed by atoms with Gasteiger partial charge in [-0.1, -0.05) is 12.1 Å². The van der Waals surface area contributed by atoms with Gasteiger partial charge >= 0.3 is 6.18 Å². The molecule has 21 heavy (non-hydrogen) atoms. The van der Waals surface area contributed by atoms with Crippen molar-refractivity contribution >= 4 is 11.3 Å². The Labute approximate surface area is 124 Å². The number of benzene rings is 1. The highest BCUT2D eigenvalue weighted by Crippen LogP contribution is 2.29. The van der Waals surface area contributed by atoms with Crippen LogP contribution in [0.5, 0.6) is 0 Å². The van der Waals surface area contributed by atoms with Crippen LogP contribution >= 0.6 is 11.3 Å². The zero-order valence-electron chi connectivity index (χ0n) is 11.3. The number of aryl methyl sites for hydroxylation is 1. The molecule has 1 atom stereocenters. The van der Waals surface area contributed by atoms with Crippen LogP contribution in [0.1, 0.15) is 27.9 Å². The quantitative estimate of drug-likeness (QED) is 0.890. The summed E-state index contributed by atoms with van der Waals surface area (Å²) in [7, 11) is 0. The predicted octanol–water partition coefficient (Wildman–Crippen LogP) is 3.29. The van der Waals surface area contributed by atoms with E-state index >= 15 is 0 Å². The van der Waals surface area contributed by atoms with Crippen molar-refractivity contribution in [3.8, 4) is 0 Å². The molecule has 0 aliphatic heterocycles. The van der Waals surface area contributed by atoms with Gasteiger partial charge in [-0.2, -0.15) is 13.2 Å². The highest BCUT2D eigenvalue weighted by molar-refractivity contribution is 7.09. The van der Waals surface area contributed by atoms with E-state index in [0.29, 0.717) is 12.1 Å². The maximum Gasteiger partial charge on any atom is 0.416 e. The Morgan fingerprint density at radius 3 is 2.48 bits per heavy atom. The van der Waals surface area contributed by atoms with Crippen molar-refractivity contribution < 1.29 is 18.3 Å². The van der Waals surface area contributed by atoms with Crippen LogP contribution in [-0.2, 0) is 12.7 Å². The van der Waals surface area contributed by atoms with Crippen LogP contribution in [0.15, 0.2) is 29.6 Å². The molecule has 7 heteroatoms. The Balaban J connectivity index is 1.87. The summed E-state index contributed by atoms with van der Waals surface area (Å²) in [5, 5.41) is 15.8. The number of hydrogen-bond acceptors (Lipinski definition) is 4. The van der Waals surface area contributed by atoms with Gasteiger partial charge < -0.3 is 10.4 Å². The lowest BCUT2D eigenvalue weighted by Crippen LogP contribution is -2.21. The number of nitrogens with zero attached hydrogens (tertiary/aromatic N) is 1. The summed E-state index contributed by atoms with van der Waals surface area (Å²) in [6, 6.07) is 4.54. The number of aliphatic hydroxyl groups is 1. The summed E-state index contributed by atoms with van der Waals surface area (Å²) in [6.45, 7) is 2.68. The molecule has 1 heterocycles. The number of halogens is 3. The monoisotopic (exact) mass is 316 g/mol. The van der Waals surface area contributed by atoms with Crippen LogP contribution < -0.4 is 5.32 Å². The molecule has 0 bridgehead atoms. The van der Waals surface area contributed by atoms with Crippen LogP contribution in [0.4, 0.5) is 13.2 Å². The second-order valence-corrected chi connectivity index (χ2v) is 5.59. The Hall–Kier alpha value is -1.44. The second kappa shape index (κ2) is 6.55. The van der Waals surface area contributed by atoms with E-state index in [4.69, 9.17) is 0 Å². The minimum Gasteiger partial charge on any atom is -0.387 e. The second-order valence-electron chi connectivity index (χ2n) is 4.65. The first kappa shape index (κ1) is 15.9. The molecule has 1 aromatic carbocycles. The minimum atomic E-state index is -4.36. The largest absolute Gasteiger partial charge is 0.416 e. The molecular formula is C14H15F3N2OS. The highest BCUT2D eigenvalue weighted by atomic mass is 32.1. The Kier molecular flexibility index (Phi) is 4.97. The fraction of sp³-hybridized carbons (Fsp3) is 0.357. The van der Waals surface area contributed by atoms with E-state index in [2.05, 4.69) is 10.3 Å². The summed E-state index contributed by atoms with van der Waals surface area (Å²) < 4.78 is 37.3. The molecule has 0 saturated carbocycles. The first-order valence-electron chi connectivity index (χ1n) is 6.33. The zero-order chi connectivity index (χ0) is 15.5. The van der Waals surface area contributed by atoms with Gasteiger partial charge in [0.15, 0.2) is 0 Å². The van der Waals surface area contributed by atoms with Crippen LogP contribution in [0, 0.1) is 6.92 Å². The summed E-state index contributed by atoms with van der Waals surface area (Å²) >= 11 is 1.52. The van der Waals surface area contributed by atoms with Gasteiger partial charge in [0, 0.05) is 24.2 Å². The van der Waals surface area contributed by atoms with Crippen molar-refractivity contribution in [2.45, 2.75) is 25.7 Å².